The van der Waals surface area contributed by atoms with Crippen molar-refractivity contribution in [1.82, 2.24) is 0 Å². The van der Waals surface area contributed by atoms with E-state index in [9.17, 15) is 0 Å². The van der Waals surface area contributed by atoms with E-state index in [1.807, 2.05) is 63.3 Å². The van der Waals surface area contributed by atoms with Crippen LogP contribution >= 0.6 is 0 Å². The van der Waals surface area contributed by atoms with Gasteiger partial charge < -0.3 is 0 Å². The van der Waals surface area contributed by atoms with Crippen molar-refractivity contribution in [1.29, 1.82) is 0 Å². The Balaban J connectivity index is 5.08. The van der Waals surface area contributed by atoms with E-state index >= 15 is 0 Å². The summed E-state index contributed by atoms with van der Waals surface area (Å²) in [5, 5.41) is 0. The maximum absolute atomic E-state index is 4.45. The van der Waals surface area contributed by atoms with E-state index in [0.717, 1.165) is 17.8 Å². The Kier molecular flexibility index (Phi) is 8.90. The van der Waals surface area contributed by atoms with Crippen LogP contribution in [-0.4, -0.2) is 12.3 Å². The summed E-state index contributed by atoms with van der Waals surface area (Å²) >= 11 is 0. The summed E-state index contributed by atoms with van der Waals surface area (Å²) < 4.78 is 0. The van der Waals surface area contributed by atoms with Crippen molar-refractivity contribution in [3.8, 4) is 0 Å². The number of rotatable bonds is 6. The smallest absolute Gasteiger partial charge is 0.0643 e. The molecule has 1 nitrogen and oxygen atoms in total. The first-order chi connectivity index (χ1) is 7.79. The fourth-order valence-electron chi connectivity index (χ4n) is 1.19. The number of hydrogen-bond acceptors (Lipinski definition) is 1. The maximum atomic E-state index is 4.45. The van der Waals surface area contributed by atoms with Gasteiger partial charge in [0.25, 0.3) is 0 Å². The van der Waals surface area contributed by atoms with E-state index in [1.54, 1.807) is 6.08 Å². The van der Waals surface area contributed by atoms with Crippen LogP contribution in [0.5, 0.6) is 0 Å². The highest BCUT2D eigenvalue weighted by atomic mass is 14.7. The summed E-state index contributed by atoms with van der Waals surface area (Å²) in [7, 11) is 0. The predicted octanol–water partition coefficient (Wildman–Crippen LogP) is 4.27. The molecule has 0 bridgehead atoms. The molecule has 0 aromatic heterocycles. The zero-order chi connectivity index (χ0) is 12.2. The highest BCUT2D eigenvalue weighted by Gasteiger charge is 1.97. The van der Waals surface area contributed by atoms with E-state index in [4.69, 9.17) is 0 Å². The van der Waals surface area contributed by atoms with Gasteiger partial charge in [-0.05, 0) is 32.4 Å². The molecule has 0 unspecified atom stereocenters. The van der Waals surface area contributed by atoms with Gasteiger partial charge in [0.15, 0.2) is 0 Å². The Bertz CT molecular complexity index is 338. The average molecular weight is 215 g/mol. The molecular formula is C15H21N. The van der Waals surface area contributed by atoms with E-state index in [2.05, 4.69) is 11.6 Å². The molecule has 86 valence electrons. The largest absolute Gasteiger partial charge is 0.285 e. The summed E-state index contributed by atoms with van der Waals surface area (Å²) in [4.78, 5) is 4.45. The number of nitrogens with zero attached hydrogens (tertiary/aromatic N) is 1. The van der Waals surface area contributed by atoms with Crippen LogP contribution in [0, 0.1) is 0 Å². The second-order valence-electron chi connectivity index (χ2n) is 3.10. The monoisotopic (exact) mass is 215 g/mol. The predicted molar refractivity (Wildman–Crippen MR) is 75.0 cm³/mol. The fraction of sp³-hybridized carbons (Fsp3) is 0.267. The van der Waals surface area contributed by atoms with Gasteiger partial charge in [-0.25, -0.2) is 0 Å². The van der Waals surface area contributed by atoms with Crippen LogP contribution in [0.1, 0.15) is 20.8 Å². The third-order valence-corrected chi connectivity index (χ3v) is 1.83. The molecule has 0 heterocycles. The quantitative estimate of drug-likeness (QED) is 0.463. The van der Waals surface area contributed by atoms with Gasteiger partial charge in [-0.2, -0.15) is 0 Å². The van der Waals surface area contributed by atoms with Crippen LogP contribution in [0.25, 0.3) is 0 Å². The molecule has 0 saturated carbocycles. The average Bonchev–Trinajstić information content (AvgIpc) is 2.28. The molecule has 0 aliphatic rings. The van der Waals surface area contributed by atoms with Gasteiger partial charge in [-0.3, -0.25) is 4.99 Å². The molecule has 0 aliphatic heterocycles. The summed E-state index contributed by atoms with van der Waals surface area (Å²) in [5.74, 6) is 0. The summed E-state index contributed by atoms with van der Waals surface area (Å²) in [6.45, 7) is 10.5. The molecule has 0 amide bonds. The van der Waals surface area contributed by atoms with Crippen molar-refractivity contribution in [3.63, 3.8) is 0 Å². The van der Waals surface area contributed by atoms with Crippen molar-refractivity contribution in [2.75, 3.05) is 6.54 Å². The minimum Gasteiger partial charge on any atom is -0.285 e. The lowest BCUT2D eigenvalue weighted by molar-refractivity contribution is 1.13. The molecule has 0 aliphatic carbocycles. The van der Waals surface area contributed by atoms with Crippen molar-refractivity contribution in [3.05, 3.63) is 60.8 Å². The molecule has 0 saturated heterocycles. The van der Waals surface area contributed by atoms with Crippen LogP contribution in [0.2, 0.25) is 0 Å². The zero-order valence-electron chi connectivity index (χ0n) is 10.5. The SMILES string of the molecule is C=C\C=C(/C=C\C=C/C)C(/C=C\C)=NCC. The minimum atomic E-state index is 0.783. The second kappa shape index (κ2) is 9.91. The molecule has 0 rings (SSSR count). The number of hydrogen-bond donors (Lipinski definition) is 0. The highest BCUT2D eigenvalue weighted by Crippen LogP contribution is 2.04. The normalized spacial score (nSPS) is 14.4. The van der Waals surface area contributed by atoms with Crippen LogP contribution < -0.4 is 0 Å². The van der Waals surface area contributed by atoms with Crippen LogP contribution in [0.15, 0.2) is 65.8 Å². The van der Waals surface area contributed by atoms with E-state index < -0.39 is 0 Å². The van der Waals surface area contributed by atoms with Gasteiger partial charge >= 0.3 is 0 Å². The molecule has 0 spiro atoms. The summed E-state index contributed by atoms with van der Waals surface area (Å²) in [5.41, 5.74) is 2.07. The van der Waals surface area contributed by atoms with Crippen molar-refractivity contribution in [2.24, 2.45) is 4.99 Å². The second-order valence-corrected chi connectivity index (χ2v) is 3.10. The van der Waals surface area contributed by atoms with Crippen molar-refractivity contribution in [2.45, 2.75) is 20.8 Å². The van der Waals surface area contributed by atoms with E-state index in [0.29, 0.717) is 0 Å². The summed E-state index contributed by atoms with van der Waals surface area (Å²) in [6, 6.07) is 0. The molecule has 0 fully saturated rings. The molecule has 0 radical (unpaired) electrons. The summed E-state index contributed by atoms with van der Waals surface area (Å²) in [6.07, 6.45) is 15.8. The third-order valence-electron chi connectivity index (χ3n) is 1.83. The van der Waals surface area contributed by atoms with Crippen molar-refractivity contribution < 1.29 is 0 Å². The lowest BCUT2D eigenvalue weighted by Crippen LogP contribution is -1.97. The lowest BCUT2D eigenvalue weighted by atomic mass is 10.1. The van der Waals surface area contributed by atoms with Crippen LogP contribution in [0.3, 0.4) is 0 Å². The molecule has 0 N–H and O–H groups in total. The highest BCUT2D eigenvalue weighted by molar-refractivity contribution is 6.10. The van der Waals surface area contributed by atoms with E-state index in [-0.39, 0.29) is 0 Å². The van der Waals surface area contributed by atoms with Crippen molar-refractivity contribution >= 4 is 5.71 Å². The van der Waals surface area contributed by atoms with Gasteiger partial charge in [0.1, 0.15) is 0 Å². The molecule has 0 aromatic carbocycles. The molecule has 0 atom stereocenters. The van der Waals surface area contributed by atoms with Gasteiger partial charge in [0, 0.05) is 6.54 Å². The molecule has 0 aromatic rings. The van der Waals surface area contributed by atoms with Gasteiger partial charge in [0.05, 0.1) is 5.71 Å². The molecular weight excluding hydrogens is 194 g/mol. The molecule has 1 heteroatoms. The minimum absolute atomic E-state index is 0.783. The first-order valence-electron chi connectivity index (χ1n) is 5.59. The Hall–Kier alpha value is -1.63. The van der Waals surface area contributed by atoms with Gasteiger partial charge in [0.2, 0.25) is 0 Å². The number of allylic oxidation sites excluding steroid dienone is 9. The Morgan fingerprint density at radius 1 is 1.12 bits per heavy atom. The van der Waals surface area contributed by atoms with E-state index in [1.165, 1.54) is 0 Å². The molecule has 16 heavy (non-hydrogen) atoms. The first-order valence-corrected chi connectivity index (χ1v) is 5.59. The Morgan fingerprint density at radius 2 is 1.88 bits per heavy atom. The van der Waals surface area contributed by atoms with Crippen LogP contribution in [-0.2, 0) is 0 Å². The van der Waals surface area contributed by atoms with Crippen LogP contribution in [0.4, 0.5) is 0 Å². The zero-order valence-corrected chi connectivity index (χ0v) is 10.5. The Morgan fingerprint density at radius 3 is 2.38 bits per heavy atom. The lowest BCUT2D eigenvalue weighted by Gasteiger charge is -2.01. The van der Waals surface area contributed by atoms with Gasteiger partial charge in [-0.1, -0.05) is 49.1 Å². The Labute approximate surface area is 99.3 Å². The third kappa shape index (κ3) is 5.97. The fourth-order valence-corrected chi connectivity index (χ4v) is 1.19. The standard InChI is InChI=1S/C15H21N/c1-5-9-10-13-14(11-6-2)15(12-7-3)16-8-4/h5-7,9-13H,2,8H2,1,3-4H3/b9-5-,12-7-,13-10-,14-11+,16-15?. The van der Waals surface area contributed by atoms with Gasteiger partial charge in [-0.15, -0.1) is 0 Å². The topological polar surface area (TPSA) is 12.4 Å². The first kappa shape index (κ1) is 14.4. The maximum Gasteiger partial charge on any atom is 0.0643 e. The number of aliphatic imine (C=N–C) groups is 1.